The molecule has 48 valence electrons. The van der Waals surface area contributed by atoms with Crippen LogP contribution >= 0.6 is 33.8 Å². The minimum absolute atomic E-state index is 0.644. The first kappa shape index (κ1) is 8.83. The Hall–Kier alpha value is 0.827. The Labute approximate surface area is 65.4 Å². The van der Waals surface area contributed by atoms with Crippen LogP contribution < -0.4 is 0 Å². The van der Waals surface area contributed by atoms with E-state index in [9.17, 15) is 0 Å². The predicted molar refractivity (Wildman–Crippen MR) is 43.3 cm³/mol. The van der Waals surface area contributed by atoms with Crippen LogP contribution in [0.25, 0.3) is 0 Å². The van der Waals surface area contributed by atoms with E-state index in [1.54, 1.807) is 0 Å². The van der Waals surface area contributed by atoms with Gasteiger partial charge in [-0.3, -0.25) is 0 Å². The second kappa shape index (κ2) is 5.95. The zero-order valence-corrected chi connectivity index (χ0v) is 7.70. The van der Waals surface area contributed by atoms with Crippen LogP contribution in [-0.4, -0.2) is 13.3 Å². The third-order valence-electron chi connectivity index (χ3n) is 0.557. The van der Waals surface area contributed by atoms with Crippen molar-refractivity contribution < 1.29 is 0 Å². The lowest BCUT2D eigenvalue weighted by molar-refractivity contribution is 1.24. The van der Waals surface area contributed by atoms with E-state index in [2.05, 4.69) is 0 Å². The maximum Gasteiger partial charge on any atom is 0.259 e. The molecule has 0 rings (SSSR count). The first-order chi connectivity index (χ1) is 3.77. The van der Waals surface area contributed by atoms with E-state index in [1.807, 2.05) is 11.8 Å². The molecule has 0 heterocycles. The standard InChI is InChI=1S/C4H7Cl3Si/c5-3-1-2-4-8(6)7/h2,4,8H,1,3H2. The quantitative estimate of drug-likeness (QED) is 0.363. The van der Waals surface area contributed by atoms with E-state index in [1.165, 1.54) is 0 Å². The van der Waals surface area contributed by atoms with Gasteiger partial charge in [0.2, 0.25) is 0 Å². The van der Waals surface area contributed by atoms with E-state index >= 15 is 0 Å². The molecule has 0 atom stereocenters. The minimum atomic E-state index is -1.50. The third-order valence-corrected chi connectivity index (χ3v) is 2.21. The van der Waals surface area contributed by atoms with Gasteiger partial charge in [0.1, 0.15) is 0 Å². The molecular weight excluding hydrogens is 182 g/mol. The third kappa shape index (κ3) is 6.83. The molecule has 0 aromatic rings. The highest BCUT2D eigenvalue weighted by molar-refractivity contribution is 7.36. The summed E-state index contributed by atoms with van der Waals surface area (Å²) in [6, 6.07) is 0. The zero-order chi connectivity index (χ0) is 6.41. The molecule has 0 saturated heterocycles. The monoisotopic (exact) mass is 188 g/mol. The summed E-state index contributed by atoms with van der Waals surface area (Å²) in [6.45, 7) is 0. The molecule has 0 fully saturated rings. The van der Waals surface area contributed by atoms with Gasteiger partial charge in [0.25, 0.3) is 7.42 Å². The van der Waals surface area contributed by atoms with Crippen LogP contribution in [0.2, 0.25) is 0 Å². The van der Waals surface area contributed by atoms with Crippen LogP contribution in [0.15, 0.2) is 11.8 Å². The fourth-order valence-electron chi connectivity index (χ4n) is 0.262. The van der Waals surface area contributed by atoms with E-state index in [-0.39, 0.29) is 0 Å². The predicted octanol–water partition coefficient (Wildman–Crippen LogP) is 2.41. The molecule has 0 aliphatic carbocycles. The zero-order valence-electron chi connectivity index (χ0n) is 4.28. The lowest BCUT2D eigenvalue weighted by Crippen LogP contribution is -1.83. The molecule has 0 aromatic heterocycles. The maximum atomic E-state index is 5.49. The van der Waals surface area contributed by atoms with Crippen LogP contribution in [0.5, 0.6) is 0 Å². The summed E-state index contributed by atoms with van der Waals surface area (Å²) >= 11 is 16.3. The van der Waals surface area contributed by atoms with Crippen LogP contribution in [0, 0.1) is 0 Å². The molecule has 0 amide bonds. The van der Waals surface area contributed by atoms with Crippen molar-refractivity contribution in [2.24, 2.45) is 0 Å². The molecule has 0 spiro atoms. The number of hydrogen-bond acceptors (Lipinski definition) is 0. The lowest BCUT2D eigenvalue weighted by atomic mass is 10.5. The van der Waals surface area contributed by atoms with Crippen molar-refractivity contribution in [1.82, 2.24) is 0 Å². The molecule has 4 heteroatoms. The molecule has 0 bridgehead atoms. The molecule has 0 radical (unpaired) electrons. The molecule has 0 aliphatic rings. The summed E-state index contributed by atoms with van der Waals surface area (Å²) in [7, 11) is -1.50. The highest BCUT2D eigenvalue weighted by atomic mass is 35.7. The highest BCUT2D eigenvalue weighted by Crippen LogP contribution is 1.97. The largest absolute Gasteiger partial charge is 0.259 e. The van der Waals surface area contributed by atoms with Gasteiger partial charge in [0.05, 0.1) is 0 Å². The number of halogens is 3. The van der Waals surface area contributed by atoms with Crippen molar-refractivity contribution in [3.63, 3.8) is 0 Å². The van der Waals surface area contributed by atoms with Gasteiger partial charge < -0.3 is 0 Å². The Morgan fingerprint density at radius 3 is 2.38 bits per heavy atom. The highest BCUT2D eigenvalue weighted by Gasteiger charge is 1.90. The van der Waals surface area contributed by atoms with Gasteiger partial charge in [0.15, 0.2) is 0 Å². The minimum Gasteiger partial charge on any atom is -0.145 e. The van der Waals surface area contributed by atoms with Crippen LogP contribution in [-0.2, 0) is 0 Å². The summed E-state index contributed by atoms with van der Waals surface area (Å²) < 4.78 is 0. The molecule has 8 heavy (non-hydrogen) atoms. The van der Waals surface area contributed by atoms with Crippen molar-refractivity contribution in [1.29, 1.82) is 0 Å². The van der Waals surface area contributed by atoms with E-state index in [0.29, 0.717) is 5.88 Å². The topological polar surface area (TPSA) is 0 Å². The summed E-state index contributed by atoms with van der Waals surface area (Å²) in [5, 5.41) is 0. The van der Waals surface area contributed by atoms with Crippen molar-refractivity contribution >= 4 is 41.2 Å². The molecular formula is C4H7Cl3Si. The van der Waals surface area contributed by atoms with Crippen molar-refractivity contribution in [3.05, 3.63) is 11.8 Å². The molecule has 0 aliphatic heterocycles. The van der Waals surface area contributed by atoms with Crippen molar-refractivity contribution in [2.45, 2.75) is 6.42 Å². The normalized spacial score (nSPS) is 11.5. The van der Waals surface area contributed by atoms with Gasteiger partial charge in [0, 0.05) is 5.88 Å². The summed E-state index contributed by atoms with van der Waals surface area (Å²) in [5.74, 6) is 0.644. The first-order valence-corrected chi connectivity index (χ1v) is 6.97. The van der Waals surface area contributed by atoms with Crippen LogP contribution in [0.1, 0.15) is 6.42 Å². The molecule has 0 saturated carbocycles. The Morgan fingerprint density at radius 1 is 1.38 bits per heavy atom. The van der Waals surface area contributed by atoms with Crippen molar-refractivity contribution in [2.75, 3.05) is 5.88 Å². The van der Waals surface area contributed by atoms with Gasteiger partial charge in [-0.1, -0.05) is 11.8 Å². The van der Waals surface area contributed by atoms with Gasteiger partial charge >= 0.3 is 0 Å². The van der Waals surface area contributed by atoms with Gasteiger partial charge in [-0.25, -0.2) is 0 Å². The maximum absolute atomic E-state index is 5.49. The fourth-order valence-corrected chi connectivity index (χ4v) is 1.40. The van der Waals surface area contributed by atoms with Crippen LogP contribution in [0.3, 0.4) is 0 Å². The van der Waals surface area contributed by atoms with Gasteiger partial charge in [-0.15, -0.1) is 33.8 Å². The summed E-state index contributed by atoms with van der Waals surface area (Å²) in [5.41, 5.74) is 1.84. The summed E-state index contributed by atoms with van der Waals surface area (Å²) in [4.78, 5) is 0. The smallest absolute Gasteiger partial charge is 0.145 e. The molecule has 0 aromatic carbocycles. The lowest BCUT2D eigenvalue weighted by Gasteiger charge is -1.83. The number of hydrogen-bond donors (Lipinski definition) is 0. The Bertz CT molecular complexity index is 71.7. The Balaban J connectivity index is 3.07. The average molecular weight is 190 g/mol. The summed E-state index contributed by atoms with van der Waals surface area (Å²) in [6.07, 6.45) is 2.79. The second-order valence-electron chi connectivity index (χ2n) is 1.24. The van der Waals surface area contributed by atoms with Crippen LogP contribution in [0.4, 0.5) is 0 Å². The van der Waals surface area contributed by atoms with E-state index < -0.39 is 7.42 Å². The van der Waals surface area contributed by atoms with Crippen molar-refractivity contribution in [3.8, 4) is 0 Å². The van der Waals surface area contributed by atoms with Gasteiger partial charge in [-0.05, 0) is 6.42 Å². The second-order valence-corrected chi connectivity index (χ2v) is 6.16. The molecule has 0 N–H and O–H groups in total. The van der Waals surface area contributed by atoms with E-state index in [4.69, 9.17) is 33.8 Å². The molecule has 0 unspecified atom stereocenters. The fraction of sp³-hybridized carbons (Fsp3) is 0.500. The Morgan fingerprint density at radius 2 is 2.00 bits per heavy atom. The van der Waals surface area contributed by atoms with E-state index in [0.717, 1.165) is 6.42 Å². The number of rotatable bonds is 3. The number of allylic oxidation sites excluding steroid dienone is 1. The Kier molecular flexibility index (Phi) is 6.57. The molecule has 0 nitrogen and oxygen atoms in total. The SMILES string of the molecule is ClCCC=C[SiH](Cl)Cl. The number of alkyl halides is 1. The first-order valence-electron chi connectivity index (χ1n) is 2.28. The average Bonchev–Trinajstić information content (AvgIpc) is 1.66. The van der Waals surface area contributed by atoms with Gasteiger partial charge in [-0.2, -0.15) is 0 Å².